The van der Waals surface area contributed by atoms with Gasteiger partial charge in [-0.2, -0.15) is 0 Å². The van der Waals surface area contributed by atoms with Gasteiger partial charge in [-0.3, -0.25) is 0 Å². The van der Waals surface area contributed by atoms with Crippen LogP contribution in [0.1, 0.15) is 0 Å². The Balaban J connectivity index is 1.26. The van der Waals surface area contributed by atoms with Crippen LogP contribution in [0.4, 0.5) is 17.1 Å². The van der Waals surface area contributed by atoms with Crippen molar-refractivity contribution >= 4 is 71.7 Å². The van der Waals surface area contributed by atoms with Gasteiger partial charge in [-0.1, -0.05) is 127 Å². The quantitative estimate of drug-likeness (QED) is 0.190. The molecule has 230 valence electrons. The molecule has 10 rings (SSSR count). The number of anilines is 3. The van der Waals surface area contributed by atoms with Gasteiger partial charge in [-0.05, 0) is 75.5 Å². The lowest BCUT2D eigenvalue weighted by Gasteiger charge is -2.27. The predicted molar refractivity (Wildman–Crippen MR) is 204 cm³/mol. The van der Waals surface area contributed by atoms with Crippen molar-refractivity contribution in [1.29, 1.82) is 0 Å². The number of hydrogen-bond acceptors (Lipinski definition) is 3. The van der Waals surface area contributed by atoms with E-state index < -0.39 is 0 Å². The number of furan rings is 2. The Morgan fingerprint density at radius 3 is 1.86 bits per heavy atom. The van der Waals surface area contributed by atoms with Crippen LogP contribution in [-0.2, 0) is 0 Å². The summed E-state index contributed by atoms with van der Waals surface area (Å²) in [5.41, 5.74) is 11.1. The topological polar surface area (TPSA) is 29.5 Å². The zero-order valence-corrected chi connectivity index (χ0v) is 26.5. The smallest absolute Gasteiger partial charge is 0.159 e. The highest BCUT2D eigenvalue weighted by atomic mass is 16.3. The average molecular weight is 628 g/mol. The van der Waals surface area contributed by atoms with E-state index in [-0.39, 0.29) is 0 Å². The van der Waals surface area contributed by atoms with E-state index in [2.05, 4.69) is 169 Å². The van der Waals surface area contributed by atoms with Crippen LogP contribution >= 0.6 is 0 Å². The Morgan fingerprint density at radius 2 is 1.02 bits per heavy atom. The molecule has 0 saturated heterocycles. The van der Waals surface area contributed by atoms with Crippen LogP contribution in [0.25, 0.3) is 76.9 Å². The first-order chi connectivity index (χ1) is 24.3. The van der Waals surface area contributed by atoms with Gasteiger partial charge in [0.05, 0.1) is 11.4 Å². The second-order valence-corrected chi connectivity index (χ2v) is 12.5. The van der Waals surface area contributed by atoms with E-state index in [0.717, 1.165) is 72.1 Å². The molecule has 0 radical (unpaired) electrons. The fraction of sp³-hybridized carbons (Fsp3) is 0. The summed E-state index contributed by atoms with van der Waals surface area (Å²) in [6.45, 7) is 0. The summed E-state index contributed by atoms with van der Waals surface area (Å²) in [6, 6.07) is 62.0. The number of nitrogens with zero attached hydrogens (tertiary/aromatic N) is 1. The van der Waals surface area contributed by atoms with Crippen molar-refractivity contribution in [1.82, 2.24) is 0 Å². The van der Waals surface area contributed by atoms with Crippen molar-refractivity contribution in [3.05, 3.63) is 176 Å². The molecule has 0 aliphatic rings. The van der Waals surface area contributed by atoms with E-state index in [1.807, 2.05) is 12.1 Å². The Labute approximate surface area is 282 Å². The Hall–Kier alpha value is -6.58. The van der Waals surface area contributed by atoms with Crippen LogP contribution in [-0.4, -0.2) is 0 Å². The number of rotatable bonds is 5. The fourth-order valence-electron chi connectivity index (χ4n) is 7.41. The van der Waals surface area contributed by atoms with Crippen LogP contribution in [0.2, 0.25) is 0 Å². The van der Waals surface area contributed by atoms with Gasteiger partial charge < -0.3 is 13.7 Å². The lowest BCUT2D eigenvalue weighted by Crippen LogP contribution is -2.10. The molecular weight excluding hydrogens is 599 g/mol. The van der Waals surface area contributed by atoms with Crippen molar-refractivity contribution in [3.8, 4) is 22.3 Å². The van der Waals surface area contributed by atoms with E-state index in [9.17, 15) is 0 Å². The number of benzene rings is 8. The minimum atomic E-state index is 0.840. The van der Waals surface area contributed by atoms with Crippen LogP contribution in [0, 0.1) is 0 Å². The molecule has 0 unspecified atom stereocenters. The third kappa shape index (κ3) is 4.44. The largest absolute Gasteiger partial charge is 0.456 e. The lowest BCUT2D eigenvalue weighted by atomic mass is 9.93. The third-order valence-electron chi connectivity index (χ3n) is 9.66. The summed E-state index contributed by atoms with van der Waals surface area (Å²) in [5.74, 6) is 0. The SMILES string of the molecule is c1ccc(-c2ccc(N(c3ccc4c(c3)oc3ccccc34)c3cccc4c3oc3ccc5ccccc5c34)cc2-c2ccccc2)cc1. The number of hydrogen-bond donors (Lipinski definition) is 0. The maximum Gasteiger partial charge on any atom is 0.159 e. The van der Waals surface area contributed by atoms with E-state index in [0.29, 0.717) is 0 Å². The van der Waals surface area contributed by atoms with Gasteiger partial charge in [0.2, 0.25) is 0 Å². The fourth-order valence-corrected chi connectivity index (χ4v) is 7.41. The van der Waals surface area contributed by atoms with E-state index in [4.69, 9.17) is 8.83 Å². The molecule has 0 atom stereocenters. The summed E-state index contributed by atoms with van der Waals surface area (Å²) in [5, 5.41) is 6.80. The molecular formula is C46H29NO2. The predicted octanol–water partition coefficient (Wildman–Crippen LogP) is 13.4. The van der Waals surface area contributed by atoms with Gasteiger partial charge in [-0.15, -0.1) is 0 Å². The van der Waals surface area contributed by atoms with Crippen LogP contribution in [0.15, 0.2) is 185 Å². The molecule has 49 heavy (non-hydrogen) atoms. The zero-order valence-electron chi connectivity index (χ0n) is 26.5. The van der Waals surface area contributed by atoms with Gasteiger partial charge in [0, 0.05) is 33.3 Å². The van der Waals surface area contributed by atoms with Crippen molar-refractivity contribution < 1.29 is 8.83 Å². The molecule has 0 bridgehead atoms. The lowest BCUT2D eigenvalue weighted by molar-refractivity contribution is 0.667. The van der Waals surface area contributed by atoms with E-state index in [1.165, 1.54) is 21.9 Å². The first kappa shape index (κ1) is 27.5. The molecule has 0 saturated carbocycles. The van der Waals surface area contributed by atoms with Gasteiger partial charge >= 0.3 is 0 Å². The molecule has 3 nitrogen and oxygen atoms in total. The van der Waals surface area contributed by atoms with Crippen molar-refractivity contribution in [2.75, 3.05) is 4.90 Å². The molecule has 8 aromatic carbocycles. The molecule has 10 aromatic rings. The van der Waals surface area contributed by atoms with Crippen LogP contribution < -0.4 is 4.90 Å². The van der Waals surface area contributed by atoms with E-state index >= 15 is 0 Å². The standard InChI is InChI=1S/C46H29NO2/c1-3-12-30(13-4-1)35-25-23-33(28-40(35)31-14-5-2-6-15-31)47(34-24-26-38-37-18-9-10-21-42(37)48-44(38)29-34)41-20-11-19-39-45-36-17-8-7-16-32(36)22-27-43(45)49-46(39)41/h1-29H. The van der Waals surface area contributed by atoms with Crippen molar-refractivity contribution in [2.24, 2.45) is 0 Å². The highest BCUT2D eigenvalue weighted by molar-refractivity contribution is 6.21. The highest BCUT2D eigenvalue weighted by Gasteiger charge is 2.22. The normalized spacial score (nSPS) is 11.7. The summed E-state index contributed by atoms with van der Waals surface area (Å²) in [4.78, 5) is 2.31. The van der Waals surface area contributed by atoms with Gasteiger partial charge in [-0.25, -0.2) is 0 Å². The molecule has 0 spiro atoms. The minimum Gasteiger partial charge on any atom is -0.456 e. The molecule has 0 aliphatic heterocycles. The minimum absolute atomic E-state index is 0.840. The van der Waals surface area contributed by atoms with Crippen LogP contribution in [0.3, 0.4) is 0 Å². The monoisotopic (exact) mass is 627 g/mol. The number of fused-ring (bicyclic) bond motifs is 8. The Kier molecular flexibility index (Phi) is 6.18. The summed E-state index contributed by atoms with van der Waals surface area (Å²) in [6.07, 6.45) is 0. The third-order valence-corrected chi connectivity index (χ3v) is 9.66. The summed E-state index contributed by atoms with van der Waals surface area (Å²) >= 11 is 0. The molecule has 3 heteroatoms. The Morgan fingerprint density at radius 1 is 0.367 bits per heavy atom. The highest BCUT2D eigenvalue weighted by Crippen LogP contribution is 2.46. The van der Waals surface area contributed by atoms with Gasteiger partial charge in [0.1, 0.15) is 16.7 Å². The van der Waals surface area contributed by atoms with Gasteiger partial charge in [0.25, 0.3) is 0 Å². The molecule has 0 fully saturated rings. The second kappa shape index (κ2) is 11.0. The van der Waals surface area contributed by atoms with Crippen LogP contribution in [0.5, 0.6) is 0 Å². The molecule has 0 aliphatic carbocycles. The summed E-state index contributed by atoms with van der Waals surface area (Å²) in [7, 11) is 0. The van der Waals surface area contributed by atoms with Crippen molar-refractivity contribution in [2.45, 2.75) is 0 Å². The number of para-hydroxylation sites is 2. The molecule has 2 aromatic heterocycles. The zero-order chi connectivity index (χ0) is 32.3. The van der Waals surface area contributed by atoms with E-state index in [1.54, 1.807) is 0 Å². The van der Waals surface area contributed by atoms with Crippen molar-refractivity contribution in [3.63, 3.8) is 0 Å². The maximum absolute atomic E-state index is 6.79. The molecule has 0 amide bonds. The average Bonchev–Trinajstić information content (AvgIpc) is 3.74. The Bertz CT molecular complexity index is 2830. The first-order valence-electron chi connectivity index (χ1n) is 16.6. The van der Waals surface area contributed by atoms with Gasteiger partial charge in [0.15, 0.2) is 5.58 Å². The molecule has 0 N–H and O–H groups in total. The summed E-state index contributed by atoms with van der Waals surface area (Å²) < 4.78 is 13.2. The second-order valence-electron chi connectivity index (χ2n) is 12.5. The molecule has 2 heterocycles. The maximum atomic E-state index is 6.79. The first-order valence-corrected chi connectivity index (χ1v) is 16.6.